The van der Waals surface area contributed by atoms with E-state index in [0.717, 1.165) is 36.3 Å². The number of non-ortho nitro benzene ring substituents is 1. The Hall–Kier alpha value is -2.04. The van der Waals surface area contributed by atoms with Gasteiger partial charge in [0.1, 0.15) is 0 Å². The minimum Gasteiger partial charge on any atom is -0.355 e. The van der Waals surface area contributed by atoms with Crippen molar-refractivity contribution >= 4 is 21.6 Å². The van der Waals surface area contributed by atoms with Crippen molar-refractivity contribution in [2.24, 2.45) is 5.92 Å². The predicted molar refractivity (Wildman–Crippen MR) is 91.5 cm³/mol. The molecule has 138 valence electrons. The van der Waals surface area contributed by atoms with Gasteiger partial charge in [-0.25, -0.2) is 8.42 Å². The Morgan fingerprint density at radius 2 is 2.24 bits per heavy atom. The van der Waals surface area contributed by atoms with Crippen LogP contribution in [0.2, 0.25) is 0 Å². The molecule has 1 aliphatic heterocycles. The lowest BCUT2D eigenvalue weighted by Crippen LogP contribution is -2.42. The van der Waals surface area contributed by atoms with Crippen molar-refractivity contribution in [1.82, 2.24) is 14.9 Å². The Balaban J connectivity index is 1.95. The van der Waals surface area contributed by atoms with E-state index in [9.17, 15) is 23.3 Å². The van der Waals surface area contributed by atoms with Crippen LogP contribution in [-0.2, 0) is 14.8 Å². The summed E-state index contributed by atoms with van der Waals surface area (Å²) >= 11 is 0. The molecule has 2 rings (SSSR count). The number of amides is 1. The molecule has 1 aromatic rings. The molecule has 1 unspecified atom stereocenters. The molecule has 1 aliphatic rings. The van der Waals surface area contributed by atoms with E-state index in [1.807, 2.05) is 0 Å². The van der Waals surface area contributed by atoms with Crippen molar-refractivity contribution in [2.75, 3.05) is 33.2 Å². The summed E-state index contributed by atoms with van der Waals surface area (Å²) in [5, 5.41) is 16.8. The van der Waals surface area contributed by atoms with Crippen molar-refractivity contribution in [2.45, 2.75) is 17.7 Å². The third kappa shape index (κ3) is 5.21. The molecule has 10 heteroatoms. The number of likely N-dealkylation sites (N-methyl/N-ethyl adjacent to an activating group) is 1. The Bertz CT molecular complexity index is 731. The van der Waals surface area contributed by atoms with E-state index < -0.39 is 20.9 Å². The maximum Gasteiger partial charge on any atom is 0.270 e. The van der Waals surface area contributed by atoms with Crippen LogP contribution in [0.25, 0.3) is 0 Å². The van der Waals surface area contributed by atoms with E-state index in [4.69, 9.17) is 0 Å². The molecule has 1 atom stereocenters. The molecule has 1 saturated heterocycles. The number of nitrogens with one attached hydrogen (secondary N) is 2. The van der Waals surface area contributed by atoms with Crippen molar-refractivity contribution < 1.29 is 18.1 Å². The van der Waals surface area contributed by atoms with Gasteiger partial charge >= 0.3 is 0 Å². The fourth-order valence-electron chi connectivity index (χ4n) is 2.64. The average Bonchev–Trinajstić information content (AvgIpc) is 2.61. The van der Waals surface area contributed by atoms with Gasteiger partial charge in [-0.05, 0) is 37.9 Å². The van der Waals surface area contributed by atoms with Gasteiger partial charge in [0.15, 0.2) is 0 Å². The maximum absolute atomic E-state index is 12.5. The summed E-state index contributed by atoms with van der Waals surface area (Å²) in [6, 6.07) is 4.76. The molecule has 2 N–H and O–H groups in total. The topological polar surface area (TPSA) is 122 Å². The molecule has 9 nitrogen and oxygen atoms in total. The quantitative estimate of drug-likeness (QED) is 0.527. The number of hydrogen-bond acceptors (Lipinski definition) is 6. The number of sulfonamides is 1. The molecule has 25 heavy (non-hydrogen) atoms. The van der Waals surface area contributed by atoms with E-state index >= 15 is 0 Å². The number of benzene rings is 1. The molecular weight excluding hydrogens is 348 g/mol. The van der Waals surface area contributed by atoms with Crippen LogP contribution < -0.4 is 10.6 Å². The van der Waals surface area contributed by atoms with Gasteiger partial charge in [0.25, 0.3) is 5.69 Å². The van der Waals surface area contributed by atoms with E-state index in [0.29, 0.717) is 12.5 Å². The minimum absolute atomic E-state index is 0.214. The van der Waals surface area contributed by atoms with Crippen LogP contribution in [0.5, 0.6) is 0 Å². The van der Waals surface area contributed by atoms with Gasteiger partial charge < -0.3 is 10.6 Å². The van der Waals surface area contributed by atoms with Crippen LogP contribution in [0.1, 0.15) is 12.8 Å². The summed E-state index contributed by atoms with van der Waals surface area (Å²) in [6.45, 7) is 1.97. The Kier molecular flexibility index (Phi) is 6.45. The molecule has 0 aliphatic carbocycles. The minimum atomic E-state index is -3.98. The van der Waals surface area contributed by atoms with E-state index in [1.54, 1.807) is 0 Å². The largest absolute Gasteiger partial charge is 0.355 e. The summed E-state index contributed by atoms with van der Waals surface area (Å²) in [7, 11) is -2.70. The number of nitrogens with zero attached hydrogens (tertiary/aromatic N) is 2. The molecule has 0 radical (unpaired) electrons. The van der Waals surface area contributed by atoms with E-state index in [-0.39, 0.29) is 17.1 Å². The summed E-state index contributed by atoms with van der Waals surface area (Å²) in [5.41, 5.74) is -0.316. The average molecular weight is 370 g/mol. The van der Waals surface area contributed by atoms with Crippen molar-refractivity contribution in [1.29, 1.82) is 0 Å². The first kappa shape index (κ1) is 19.3. The molecule has 0 aromatic heterocycles. The second-order valence-corrected chi connectivity index (χ2v) is 8.08. The second kappa shape index (κ2) is 8.37. The zero-order chi connectivity index (χ0) is 18.4. The molecule has 0 spiro atoms. The molecule has 0 saturated carbocycles. The van der Waals surface area contributed by atoms with Crippen LogP contribution in [0.4, 0.5) is 5.69 Å². The number of rotatable bonds is 7. The zero-order valence-electron chi connectivity index (χ0n) is 14.0. The number of hydrogen-bond donors (Lipinski definition) is 2. The molecule has 1 amide bonds. The molecule has 1 heterocycles. The van der Waals surface area contributed by atoms with Crippen molar-refractivity contribution in [3.05, 3.63) is 34.4 Å². The maximum atomic E-state index is 12.5. The monoisotopic (exact) mass is 370 g/mol. The highest BCUT2D eigenvalue weighted by molar-refractivity contribution is 7.89. The number of piperidine rings is 1. The molecule has 0 bridgehead atoms. The Labute approximate surface area is 146 Å². The first-order valence-corrected chi connectivity index (χ1v) is 9.43. The third-order valence-electron chi connectivity index (χ3n) is 4.09. The van der Waals surface area contributed by atoms with Gasteiger partial charge in [-0.15, -0.1) is 0 Å². The second-order valence-electron chi connectivity index (χ2n) is 6.03. The smallest absolute Gasteiger partial charge is 0.270 e. The first-order chi connectivity index (χ1) is 11.8. The lowest BCUT2D eigenvalue weighted by atomic mass is 10.00. The van der Waals surface area contributed by atoms with Crippen LogP contribution >= 0.6 is 0 Å². The zero-order valence-corrected chi connectivity index (χ0v) is 14.8. The van der Waals surface area contributed by atoms with Gasteiger partial charge in [-0.3, -0.25) is 14.9 Å². The standard InChI is InChI=1S/C15H22N4O5S/c1-18(11-15(20)17-10-12-4-3-7-16-9-12)25(23,24)14-6-2-5-13(8-14)19(21)22/h2,5-6,8,12,16H,3-4,7,9-11H2,1H3,(H,17,20). The number of nitro benzene ring substituents is 1. The lowest BCUT2D eigenvalue weighted by molar-refractivity contribution is -0.385. The van der Waals surface area contributed by atoms with E-state index in [2.05, 4.69) is 10.6 Å². The fourth-order valence-corrected chi connectivity index (χ4v) is 3.80. The number of carbonyl (C=O) groups excluding carboxylic acids is 1. The molecule has 1 aromatic carbocycles. The molecule has 1 fully saturated rings. The van der Waals surface area contributed by atoms with Crippen molar-refractivity contribution in [3.63, 3.8) is 0 Å². The molecular formula is C15H22N4O5S. The normalized spacial score (nSPS) is 18.1. The van der Waals surface area contributed by atoms with Crippen LogP contribution in [0.15, 0.2) is 29.2 Å². The van der Waals surface area contributed by atoms with Gasteiger partial charge in [-0.2, -0.15) is 4.31 Å². The Morgan fingerprint density at radius 3 is 2.88 bits per heavy atom. The van der Waals surface area contributed by atoms with Gasteiger partial charge in [0, 0.05) is 25.7 Å². The highest BCUT2D eigenvalue weighted by Crippen LogP contribution is 2.20. The van der Waals surface area contributed by atoms with Crippen LogP contribution in [-0.4, -0.2) is 56.8 Å². The lowest BCUT2D eigenvalue weighted by Gasteiger charge is -2.23. The third-order valence-corrected chi connectivity index (χ3v) is 5.89. The first-order valence-electron chi connectivity index (χ1n) is 7.99. The van der Waals surface area contributed by atoms with Crippen LogP contribution in [0.3, 0.4) is 0 Å². The van der Waals surface area contributed by atoms with E-state index in [1.165, 1.54) is 25.2 Å². The van der Waals surface area contributed by atoms with Gasteiger partial charge in [-0.1, -0.05) is 6.07 Å². The number of carbonyl (C=O) groups is 1. The highest BCUT2D eigenvalue weighted by Gasteiger charge is 2.25. The number of nitro groups is 1. The summed E-state index contributed by atoms with van der Waals surface area (Å²) < 4.78 is 25.8. The highest BCUT2D eigenvalue weighted by atomic mass is 32.2. The van der Waals surface area contributed by atoms with Gasteiger partial charge in [0.05, 0.1) is 16.4 Å². The fraction of sp³-hybridized carbons (Fsp3) is 0.533. The van der Waals surface area contributed by atoms with Crippen LogP contribution in [0, 0.1) is 16.0 Å². The summed E-state index contributed by atoms with van der Waals surface area (Å²) in [6.07, 6.45) is 2.08. The van der Waals surface area contributed by atoms with Crippen molar-refractivity contribution in [3.8, 4) is 0 Å². The Morgan fingerprint density at radius 1 is 1.48 bits per heavy atom. The summed E-state index contributed by atoms with van der Waals surface area (Å²) in [5.74, 6) is -0.0570. The predicted octanol–water partition coefficient (Wildman–Crippen LogP) is 0.331. The summed E-state index contributed by atoms with van der Waals surface area (Å²) in [4.78, 5) is 21.9. The van der Waals surface area contributed by atoms with Gasteiger partial charge in [0.2, 0.25) is 15.9 Å². The SMILES string of the molecule is CN(CC(=O)NCC1CCCNC1)S(=O)(=O)c1cccc([N+](=O)[O-])c1.